The molecule has 1 saturated heterocycles. The summed E-state index contributed by atoms with van der Waals surface area (Å²) in [6.45, 7) is 0.371. The van der Waals surface area contributed by atoms with Gasteiger partial charge in [-0.1, -0.05) is 55.8 Å². The molecule has 0 radical (unpaired) electrons. The Kier molecular flexibility index (Phi) is 11.7. The van der Waals surface area contributed by atoms with E-state index in [1.165, 1.54) is 0 Å². The van der Waals surface area contributed by atoms with Crippen molar-refractivity contribution >= 4 is 39.6 Å². The van der Waals surface area contributed by atoms with Crippen molar-refractivity contribution in [2.45, 2.75) is 87.3 Å². The molecular formula is C26H35ClN3NaO8S. The first kappa shape index (κ1) is 33.1. The van der Waals surface area contributed by atoms with Crippen molar-refractivity contribution in [3.8, 4) is 0 Å². The van der Waals surface area contributed by atoms with Crippen LogP contribution >= 0.6 is 11.6 Å². The average Bonchev–Trinajstić information content (AvgIpc) is 3.56. The topological polar surface area (TPSA) is 174 Å². The molecule has 11 nitrogen and oxygen atoms in total. The second kappa shape index (κ2) is 14.2. The van der Waals surface area contributed by atoms with Crippen molar-refractivity contribution in [3.05, 3.63) is 34.9 Å². The Morgan fingerprint density at radius 1 is 1.15 bits per heavy atom. The maximum Gasteiger partial charge on any atom is 1.00 e. The molecule has 2 saturated carbocycles. The molecule has 3 fully saturated rings. The maximum absolute atomic E-state index is 13.4. The summed E-state index contributed by atoms with van der Waals surface area (Å²) < 4.78 is 40.7. The van der Waals surface area contributed by atoms with Crippen LogP contribution in [-0.2, 0) is 30.0 Å². The van der Waals surface area contributed by atoms with Gasteiger partial charge in [0.2, 0.25) is 11.8 Å². The predicted molar refractivity (Wildman–Crippen MR) is 140 cm³/mol. The third-order valence-electron chi connectivity index (χ3n) is 7.91. The van der Waals surface area contributed by atoms with Gasteiger partial charge in [-0.05, 0) is 55.7 Å². The van der Waals surface area contributed by atoms with Crippen molar-refractivity contribution < 1.29 is 66.8 Å². The van der Waals surface area contributed by atoms with Crippen LogP contribution in [0.5, 0.6) is 0 Å². The van der Waals surface area contributed by atoms with Crippen molar-refractivity contribution in [3.63, 3.8) is 0 Å². The summed E-state index contributed by atoms with van der Waals surface area (Å²) in [6.07, 6.45) is 5.61. The van der Waals surface area contributed by atoms with Crippen molar-refractivity contribution in [1.82, 2.24) is 16.0 Å². The molecule has 2 aliphatic carbocycles. The van der Waals surface area contributed by atoms with Gasteiger partial charge >= 0.3 is 35.7 Å². The van der Waals surface area contributed by atoms with E-state index in [1.54, 1.807) is 18.2 Å². The molecule has 0 spiro atoms. The Balaban J connectivity index is 0.00000441. The number of alkyl carbamates (subject to hydrolysis) is 1. The first-order valence-electron chi connectivity index (χ1n) is 13.4. The summed E-state index contributed by atoms with van der Waals surface area (Å²) in [4.78, 5) is 38.5. The van der Waals surface area contributed by atoms with Gasteiger partial charge in [0.1, 0.15) is 21.8 Å². The smallest absolute Gasteiger partial charge is 0.746 e. The van der Waals surface area contributed by atoms with Crippen LogP contribution in [0.4, 0.5) is 4.79 Å². The second-order valence-electron chi connectivity index (χ2n) is 10.8. The fourth-order valence-corrected chi connectivity index (χ4v) is 6.35. The van der Waals surface area contributed by atoms with Gasteiger partial charge in [-0.25, -0.2) is 13.2 Å². The second-order valence-corrected chi connectivity index (χ2v) is 12.7. The van der Waals surface area contributed by atoms with Crippen LogP contribution in [0.15, 0.2) is 24.3 Å². The van der Waals surface area contributed by atoms with Crippen molar-refractivity contribution in [2.75, 3.05) is 6.54 Å². The van der Waals surface area contributed by atoms with E-state index in [2.05, 4.69) is 16.0 Å². The number of carbonyl (C=O) groups excluding carboxylic acids is 3. The normalized spacial score (nSPS) is 22.7. The number of rotatable bonds is 11. The Labute approximate surface area is 261 Å². The quantitative estimate of drug-likeness (QED) is 0.188. The van der Waals surface area contributed by atoms with E-state index in [0.717, 1.165) is 37.7 Å². The number of amides is 3. The molecule has 1 unspecified atom stereocenters. The fraction of sp³-hybridized carbons (Fsp3) is 0.654. The van der Waals surface area contributed by atoms with Crippen LogP contribution in [-0.4, -0.2) is 60.0 Å². The van der Waals surface area contributed by atoms with E-state index in [1.807, 2.05) is 6.07 Å². The van der Waals surface area contributed by atoms with Gasteiger partial charge in [-0.2, -0.15) is 0 Å². The minimum absolute atomic E-state index is 0. The SMILES string of the molecule is O=C(N[C@@H](CC1CCCCC1)C(=O)N[C@@H](C[C@@H]1CCNC1=O)C(O)S(=O)(=O)[O-])OC1(c2cccc(Cl)c2)CC1.[Na+]. The number of hydrogen-bond donors (Lipinski definition) is 4. The van der Waals surface area contributed by atoms with E-state index in [4.69, 9.17) is 16.3 Å². The van der Waals surface area contributed by atoms with Crippen molar-refractivity contribution in [2.24, 2.45) is 11.8 Å². The summed E-state index contributed by atoms with van der Waals surface area (Å²) in [5, 5.41) is 18.5. The van der Waals surface area contributed by atoms with Crippen LogP contribution < -0.4 is 45.5 Å². The number of carbonyl (C=O) groups is 3. The molecule has 1 aromatic carbocycles. The molecule has 14 heteroatoms. The fourth-order valence-electron chi connectivity index (χ4n) is 5.58. The summed E-state index contributed by atoms with van der Waals surface area (Å²) in [7, 11) is -5.20. The Morgan fingerprint density at radius 3 is 2.42 bits per heavy atom. The number of ether oxygens (including phenoxy) is 1. The molecule has 0 aromatic heterocycles. The van der Waals surface area contributed by atoms with Gasteiger partial charge in [-0.3, -0.25) is 9.59 Å². The van der Waals surface area contributed by atoms with Crippen LogP contribution in [0.2, 0.25) is 5.02 Å². The van der Waals surface area contributed by atoms with E-state index < -0.39 is 51.2 Å². The van der Waals surface area contributed by atoms with E-state index in [-0.39, 0.29) is 54.2 Å². The zero-order chi connectivity index (χ0) is 28.2. The number of halogens is 1. The molecule has 1 aromatic rings. The number of hydrogen-bond acceptors (Lipinski definition) is 8. The third kappa shape index (κ3) is 8.80. The van der Waals surface area contributed by atoms with E-state index >= 15 is 0 Å². The molecule has 40 heavy (non-hydrogen) atoms. The molecule has 3 aliphatic rings. The number of benzene rings is 1. The summed E-state index contributed by atoms with van der Waals surface area (Å²) >= 11 is 6.11. The summed E-state index contributed by atoms with van der Waals surface area (Å²) in [5.74, 6) is -1.63. The number of nitrogens with one attached hydrogen (secondary N) is 3. The Bertz CT molecular complexity index is 1180. The monoisotopic (exact) mass is 607 g/mol. The standard InChI is InChI=1S/C26H36ClN3O8S.Na/c27-19-8-4-7-18(15-19)26(10-11-26)38-25(34)30-20(13-16-5-2-1-3-6-16)23(32)29-21(24(33)39(35,36)37)14-17-9-12-28-22(17)31;/h4,7-8,15-17,20-21,24,33H,1-3,5-6,9-14H2,(H,28,31)(H,29,32)(H,30,34)(H,35,36,37);/q;+1/p-1/t17-,20-,21-,24?;/m0./s1. The van der Waals surface area contributed by atoms with Gasteiger partial charge in [0, 0.05) is 17.5 Å². The molecule has 4 rings (SSSR count). The largest absolute Gasteiger partial charge is 1.00 e. The van der Waals surface area contributed by atoms with Gasteiger partial charge in [0.25, 0.3) is 0 Å². The molecular weight excluding hydrogens is 573 g/mol. The zero-order valence-corrected chi connectivity index (χ0v) is 26.1. The molecule has 4 N–H and O–H groups in total. The van der Waals surface area contributed by atoms with Gasteiger partial charge < -0.3 is 30.3 Å². The predicted octanol–water partition coefficient (Wildman–Crippen LogP) is -0.727. The van der Waals surface area contributed by atoms with Crippen molar-refractivity contribution in [1.29, 1.82) is 0 Å². The molecule has 0 bridgehead atoms. The minimum atomic E-state index is -5.20. The minimum Gasteiger partial charge on any atom is -0.746 e. The Hall–Kier alpha value is -1.41. The van der Waals surface area contributed by atoms with Gasteiger partial charge in [0.05, 0.1) is 6.04 Å². The summed E-state index contributed by atoms with van der Waals surface area (Å²) in [6, 6.07) is 4.39. The van der Waals surface area contributed by atoms with Crippen LogP contribution in [0.3, 0.4) is 0 Å². The maximum atomic E-state index is 13.4. The van der Waals surface area contributed by atoms with Gasteiger partial charge in [-0.15, -0.1) is 0 Å². The van der Waals surface area contributed by atoms with E-state index in [9.17, 15) is 32.5 Å². The zero-order valence-electron chi connectivity index (χ0n) is 22.6. The molecule has 216 valence electrons. The molecule has 1 heterocycles. The van der Waals surface area contributed by atoms with Gasteiger partial charge in [0.15, 0.2) is 5.44 Å². The number of aliphatic hydroxyl groups is 1. The molecule has 3 amide bonds. The first-order valence-corrected chi connectivity index (χ1v) is 15.3. The van der Waals surface area contributed by atoms with Crippen LogP contribution in [0.1, 0.15) is 69.8 Å². The Morgan fingerprint density at radius 2 is 1.85 bits per heavy atom. The number of aliphatic hydroxyl groups excluding tert-OH is 1. The van der Waals surface area contributed by atoms with Crippen LogP contribution in [0, 0.1) is 11.8 Å². The molecule has 4 atom stereocenters. The first-order chi connectivity index (χ1) is 18.5. The van der Waals surface area contributed by atoms with E-state index in [0.29, 0.717) is 30.8 Å². The average molecular weight is 608 g/mol. The van der Waals surface area contributed by atoms with Crippen LogP contribution in [0.25, 0.3) is 0 Å². The third-order valence-corrected chi connectivity index (χ3v) is 9.07. The molecule has 1 aliphatic heterocycles. The summed E-state index contributed by atoms with van der Waals surface area (Å²) in [5.41, 5.74) is -2.54.